The number of carbonyl (C=O) groups excluding carboxylic acids is 1. The van der Waals surface area contributed by atoms with Crippen LogP contribution in [0.1, 0.15) is 10.4 Å². The molecule has 2 aromatic carbocycles. The van der Waals surface area contributed by atoms with E-state index >= 15 is 0 Å². The summed E-state index contributed by atoms with van der Waals surface area (Å²) in [6.45, 7) is 1.35. The summed E-state index contributed by atoms with van der Waals surface area (Å²) in [6, 6.07) is 12.7. The van der Waals surface area contributed by atoms with Crippen LogP contribution in [0.25, 0.3) is 0 Å². The smallest absolute Gasteiger partial charge is 0.253 e. The van der Waals surface area contributed by atoms with Crippen LogP contribution >= 0.6 is 11.6 Å². The lowest BCUT2D eigenvalue weighted by molar-refractivity contribution is 0.0945. The number of methoxy groups -OCH3 is 2. The van der Waals surface area contributed by atoms with Gasteiger partial charge in [0.25, 0.3) is 5.91 Å². The van der Waals surface area contributed by atoms with Gasteiger partial charge in [-0.3, -0.25) is 4.79 Å². The average molecular weight is 501 g/mol. The number of hydrogen-bond acceptors (Lipinski definition) is 9. The van der Waals surface area contributed by atoms with Crippen LogP contribution in [0.2, 0.25) is 5.02 Å². The number of aliphatic hydroxyl groups is 1. The number of nitrogens with zero attached hydrogens (tertiary/aromatic N) is 3. The highest BCUT2D eigenvalue weighted by Gasteiger charge is 2.14. The number of rotatable bonds is 12. The third-order valence-electron chi connectivity index (χ3n) is 5.07. The topological polar surface area (TPSA) is 121 Å². The van der Waals surface area contributed by atoms with Crippen LogP contribution in [0, 0.1) is 0 Å². The summed E-state index contributed by atoms with van der Waals surface area (Å²) in [5.74, 6) is 0.899. The number of hydrogen-bond donors (Lipinski definition) is 4. The van der Waals surface area contributed by atoms with Crippen LogP contribution < -0.4 is 25.6 Å². The highest BCUT2D eigenvalue weighted by Crippen LogP contribution is 2.32. The van der Waals surface area contributed by atoms with E-state index in [0.29, 0.717) is 35.1 Å². The fourth-order valence-electron chi connectivity index (χ4n) is 3.20. The first-order valence-corrected chi connectivity index (χ1v) is 11.3. The van der Waals surface area contributed by atoms with Crippen LogP contribution in [0.3, 0.4) is 0 Å². The number of benzene rings is 2. The molecule has 0 bridgehead atoms. The van der Waals surface area contributed by atoms with Gasteiger partial charge in [0.05, 0.1) is 43.5 Å². The highest BCUT2D eigenvalue weighted by molar-refractivity contribution is 6.33. The zero-order valence-corrected chi connectivity index (χ0v) is 20.6. The number of likely N-dealkylation sites (N-methyl/N-ethyl adjacent to an activating group) is 1. The summed E-state index contributed by atoms with van der Waals surface area (Å²) in [5.41, 5.74) is 2.55. The van der Waals surface area contributed by atoms with E-state index in [0.717, 1.165) is 12.2 Å². The summed E-state index contributed by atoms with van der Waals surface area (Å²) >= 11 is 6.33. The van der Waals surface area contributed by atoms with Crippen LogP contribution in [-0.2, 0) is 4.74 Å². The van der Waals surface area contributed by atoms with E-state index in [-0.39, 0.29) is 30.0 Å². The van der Waals surface area contributed by atoms with Crippen LogP contribution in [0.5, 0.6) is 5.75 Å². The lowest BCUT2D eigenvalue weighted by Gasteiger charge is -2.20. The molecular weight excluding hydrogens is 472 g/mol. The number of aromatic nitrogens is 2. The molecule has 10 nitrogen and oxygen atoms in total. The SMILES string of the molecule is COCCN(C)c1ccc(Nc2ncc(Cl)c(Nc3ccccc3C(=O)NCCO)n2)c(OC)c1. The number of carbonyl (C=O) groups is 1. The first-order valence-electron chi connectivity index (χ1n) is 10.9. The Labute approximate surface area is 209 Å². The second-order valence-electron chi connectivity index (χ2n) is 7.46. The zero-order valence-electron chi connectivity index (χ0n) is 19.8. The number of amides is 1. The molecule has 0 atom stereocenters. The number of anilines is 5. The second-order valence-corrected chi connectivity index (χ2v) is 7.87. The number of aliphatic hydroxyl groups excluding tert-OH is 1. The van der Waals surface area contributed by atoms with Crippen molar-refractivity contribution in [1.82, 2.24) is 15.3 Å². The third-order valence-corrected chi connectivity index (χ3v) is 5.35. The molecule has 1 amide bonds. The minimum Gasteiger partial charge on any atom is -0.494 e. The number of ether oxygens (including phenoxy) is 2. The summed E-state index contributed by atoms with van der Waals surface area (Å²) in [6.07, 6.45) is 1.47. The third kappa shape index (κ3) is 6.95. The van der Waals surface area contributed by atoms with Crippen LogP contribution in [-0.4, -0.2) is 68.6 Å². The first kappa shape index (κ1) is 26.0. The lowest BCUT2D eigenvalue weighted by atomic mass is 10.1. The van der Waals surface area contributed by atoms with E-state index < -0.39 is 0 Å². The van der Waals surface area contributed by atoms with Gasteiger partial charge in [0.15, 0.2) is 5.82 Å². The molecule has 0 spiro atoms. The van der Waals surface area contributed by atoms with Crippen molar-refractivity contribution < 1.29 is 19.4 Å². The van der Waals surface area contributed by atoms with Gasteiger partial charge >= 0.3 is 0 Å². The Morgan fingerprint density at radius 2 is 1.94 bits per heavy atom. The van der Waals surface area contributed by atoms with E-state index in [4.69, 9.17) is 26.2 Å². The predicted molar refractivity (Wildman–Crippen MR) is 138 cm³/mol. The van der Waals surface area contributed by atoms with Gasteiger partial charge in [0.1, 0.15) is 10.8 Å². The molecule has 0 radical (unpaired) electrons. The summed E-state index contributed by atoms with van der Waals surface area (Å²) in [7, 11) is 5.23. The lowest BCUT2D eigenvalue weighted by Crippen LogP contribution is -2.27. The quantitative estimate of drug-likeness (QED) is 0.296. The summed E-state index contributed by atoms with van der Waals surface area (Å²) < 4.78 is 10.7. The molecule has 0 fully saturated rings. The minimum atomic E-state index is -0.328. The minimum absolute atomic E-state index is 0.151. The fourth-order valence-corrected chi connectivity index (χ4v) is 3.33. The van der Waals surface area contributed by atoms with E-state index in [1.165, 1.54) is 6.20 Å². The van der Waals surface area contributed by atoms with Crippen molar-refractivity contribution in [3.8, 4) is 5.75 Å². The monoisotopic (exact) mass is 500 g/mol. The maximum absolute atomic E-state index is 12.4. The standard InChI is InChI=1S/C24H29ClN6O4/c1-31(11-13-34-2)16-8-9-20(21(14-16)35-3)29-24-27-15-18(25)22(30-24)28-19-7-5-4-6-17(19)23(33)26-10-12-32/h4-9,14-15,32H,10-13H2,1-3H3,(H,26,33)(H2,27,28,29,30). The fraction of sp³-hybridized carbons (Fsp3) is 0.292. The summed E-state index contributed by atoms with van der Waals surface area (Å²) in [4.78, 5) is 23.3. The van der Waals surface area contributed by atoms with E-state index in [1.807, 2.05) is 25.2 Å². The van der Waals surface area contributed by atoms with Crippen molar-refractivity contribution >= 4 is 46.3 Å². The number of para-hydroxylation sites is 1. The van der Waals surface area contributed by atoms with Gasteiger partial charge in [0, 0.05) is 39.0 Å². The maximum Gasteiger partial charge on any atom is 0.253 e. The van der Waals surface area contributed by atoms with Crippen LogP contribution in [0.15, 0.2) is 48.7 Å². The van der Waals surface area contributed by atoms with Crippen molar-refractivity contribution in [2.45, 2.75) is 0 Å². The molecule has 186 valence electrons. The Morgan fingerprint density at radius 3 is 2.69 bits per heavy atom. The molecule has 11 heteroatoms. The molecular formula is C24H29ClN6O4. The molecule has 0 saturated heterocycles. The van der Waals surface area contributed by atoms with Crippen molar-refractivity contribution in [2.75, 3.05) is 63.1 Å². The molecule has 0 unspecified atom stereocenters. The molecule has 0 aliphatic rings. The second kappa shape index (κ2) is 12.7. The Hall–Kier alpha value is -3.60. The van der Waals surface area contributed by atoms with Gasteiger partial charge in [-0.05, 0) is 24.3 Å². The van der Waals surface area contributed by atoms with Crippen molar-refractivity contribution in [3.63, 3.8) is 0 Å². The zero-order chi connectivity index (χ0) is 25.2. The van der Waals surface area contributed by atoms with Gasteiger partial charge < -0.3 is 35.4 Å². The summed E-state index contributed by atoms with van der Waals surface area (Å²) in [5, 5.41) is 18.2. The van der Waals surface area contributed by atoms with Crippen molar-refractivity contribution in [1.29, 1.82) is 0 Å². The number of halogens is 1. The van der Waals surface area contributed by atoms with Gasteiger partial charge in [-0.15, -0.1) is 0 Å². The molecule has 35 heavy (non-hydrogen) atoms. The van der Waals surface area contributed by atoms with Gasteiger partial charge in [-0.1, -0.05) is 23.7 Å². The van der Waals surface area contributed by atoms with Gasteiger partial charge in [0.2, 0.25) is 5.95 Å². The molecule has 3 aromatic rings. The van der Waals surface area contributed by atoms with E-state index in [1.54, 1.807) is 38.5 Å². The molecule has 0 aliphatic carbocycles. The Morgan fingerprint density at radius 1 is 1.14 bits per heavy atom. The van der Waals surface area contributed by atoms with E-state index in [9.17, 15) is 4.79 Å². The van der Waals surface area contributed by atoms with Gasteiger partial charge in [-0.2, -0.15) is 4.98 Å². The van der Waals surface area contributed by atoms with Crippen LogP contribution in [0.4, 0.5) is 28.8 Å². The molecule has 1 heterocycles. The Bertz CT molecular complexity index is 1150. The first-order chi connectivity index (χ1) is 17.0. The Kier molecular flexibility index (Phi) is 9.47. The Balaban J connectivity index is 1.82. The van der Waals surface area contributed by atoms with Crippen molar-refractivity contribution in [2.24, 2.45) is 0 Å². The average Bonchev–Trinajstić information content (AvgIpc) is 2.88. The molecule has 4 N–H and O–H groups in total. The normalized spacial score (nSPS) is 10.5. The predicted octanol–water partition coefficient (Wildman–Crippen LogP) is 3.43. The molecule has 0 saturated carbocycles. The number of nitrogens with one attached hydrogen (secondary N) is 3. The molecule has 1 aromatic heterocycles. The maximum atomic E-state index is 12.4. The highest BCUT2D eigenvalue weighted by atomic mass is 35.5. The van der Waals surface area contributed by atoms with E-state index in [2.05, 4.69) is 30.8 Å². The molecule has 0 aliphatic heterocycles. The molecule has 3 rings (SSSR count). The van der Waals surface area contributed by atoms with Crippen molar-refractivity contribution in [3.05, 3.63) is 59.2 Å². The van der Waals surface area contributed by atoms with Gasteiger partial charge in [-0.25, -0.2) is 4.98 Å². The largest absolute Gasteiger partial charge is 0.494 e.